The number of benzene rings is 3. The lowest BCUT2D eigenvalue weighted by Crippen LogP contribution is -2.53. The standard InChI is InChI=1S/C28H17Cl2N3O4S/c1-2-11-32-19-6-4-3-5-17(19)28(26(32)36)22-23(34)16-12-14(29)8-10-20(16)37-24(22)25(35)33(28)27-31-18-9-7-15(30)13-21(18)38-27/h3-10,12-13H,2,11H2,1H3. The Kier molecular flexibility index (Phi) is 5.01. The zero-order valence-corrected chi connectivity index (χ0v) is 22.2. The molecule has 1 atom stereocenters. The molecule has 0 radical (unpaired) electrons. The molecule has 0 fully saturated rings. The van der Waals surface area contributed by atoms with Gasteiger partial charge in [0.15, 0.2) is 16.1 Å². The number of fused-ring (bicyclic) bond motifs is 6. The molecule has 5 aromatic rings. The second kappa shape index (κ2) is 8.14. The second-order valence-corrected chi connectivity index (χ2v) is 11.1. The first-order chi connectivity index (χ1) is 18.4. The average molecular weight is 562 g/mol. The van der Waals surface area contributed by atoms with Gasteiger partial charge < -0.3 is 9.32 Å². The Hall–Kier alpha value is -3.72. The van der Waals surface area contributed by atoms with Gasteiger partial charge in [0.2, 0.25) is 5.76 Å². The van der Waals surface area contributed by atoms with Crippen molar-refractivity contribution in [3.8, 4) is 0 Å². The SMILES string of the molecule is CCCN1C(=O)C2(c3ccccc31)c1c(oc3ccc(Cl)cc3c1=O)C(=O)N2c1nc2ccc(Cl)cc2s1. The molecule has 1 unspecified atom stereocenters. The van der Waals surface area contributed by atoms with Crippen LogP contribution in [0.1, 0.15) is 35.0 Å². The maximum absolute atomic E-state index is 14.6. The lowest BCUT2D eigenvalue weighted by molar-refractivity contribution is -0.121. The molecule has 1 spiro atoms. The largest absolute Gasteiger partial charge is 0.450 e. The molecule has 2 aliphatic heterocycles. The lowest BCUT2D eigenvalue weighted by atomic mass is 9.84. The summed E-state index contributed by atoms with van der Waals surface area (Å²) in [5.41, 5.74) is -0.294. The molecule has 0 aliphatic carbocycles. The van der Waals surface area contributed by atoms with E-state index in [4.69, 9.17) is 32.6 Å². The summed E-state index contributed by atoms with van der Waals surface area (Å²) < 4.78 is 6.82. The molecule has 0 N–H and O–H groups in total. The number of anilines is 2. The van der Waals surface area contributed by atoms with E-state index in [-0.39, 0.29) is 27.4 Å². The molecule has 7 nitrogen and oxygen atoms in total. The highest BCUT2D eigenvalue weighted by atomic mass is 35.5. The summed E-state index contributed by atoms with van der Waals surface area (Å²) in [5.74, 6) is -1.19. The summed E-state index contributed by atoms with van der Waals surface area (Å²) in [7, 11) is 0. The topological polar surface area (TPSA) is 83.7 Å². The van der Waals surface area contributed by atoms with Crippen molar-refractivity contribution in [3.05, 3.63) is 97.8 Å². The molecule has 0 bridgehead atoms. The minimum Gasteiger partial charge on any atom is -0.450 e. The molecule has 0 saturated heterocycles. The highest BCUT2D eigenvalue weighted by molar-refractivity contribution is 7.22. The van der Waals surface area contributed by atoms with Gasteiger partial charge in [-0.2, -0.15) is 0 Å². The van der Waals surface area contributed by atoms with E-state index < -0.39 is 22.8 Å². The molecule has 7 rings (SSSR count). The normalized spacial score (nSPS) is 18.3. The van der Waals surface area contributed by atoms with Crippen LogP contribution < -0.4 is 15.2 Å². The van der Waals surface area contributed by atoms with Crippen molar-refractivity contribution in [1.29, 1.82) is 0 Å². The lowest BCUT2D eigenvalue weighted by Gasteiger charge is -2.32. The molecule has 10 heteroatoms. The summed E-state index contributed by atoms with van der Waals surface area (Å²) >= 11 is 13.7. The van der Waals surface area contributed by atoms with Gasteiger partial charge in [-0.25, -0.2) is 4.98 Å². The first-order valence-electron chi connectivity index (χ1n) is 11.9. The fourth-order valence-corrected chi connectivity index (χ4v) is 7.03. The highest BCUT2D eigenvalue weighted by Crippen LogP contribution is 2.54. The quantitative estimate of drug-likeness (QED) is 0.255. The molecule has 0 saturated carbocycles. The number of amides is 2. The molecule has 2 aromatic heterocycles. The van der Waals surface area contributed by atoms with Crippen molar-refractivity contribution in [3.63, 3.8) is 0 Å². The van der Waals surface area contributed by atoms with Gasteiger partial charge in [0.1, 0.15) is 5.58 Å². The smallest absolute Gasteiger partial charge is 0.297 e. The van der Waals surface area contributed by atoms with E-state index >= 15 is 0 Å². The molecule has 2 aliphatic rings. The van der Waals surface area contributed by atoms with Crippen LogP contribution in [0.25, 0.3) is 21.2 Å². The highest BCUT2D eigenvalue weighted by Gasteiger charge is 2.66. The van der Waals surface area contributed by atoms with E-state index in [2.05, 4.69) is 0 Å². The third-order valence-electron chi connectivity index (χ3n) is 7.06. The Balaban J connectivity index is 1.62. The van der Waals surface area contributed by atoms with E-state index in [1.807, 2.05) is 19.1 Å². The van der Waals surface area contributed by atoms with Crippen molar-refractivity contribution in [2.75, 3.05) is 16.3 Å². The van der Waals surface area contributed by atoms with Gasteiger partial charge in [0.05, 0.1) is 26.9 Å². The molecular weight excluding hydrogens is 545 g/mol. The fraction of sp³-hybridized carbons (Fsp3) is 0.143. The number of carbonyl (C=O) groups excluding carboxylic acids is 2. The first kappa shape index (κ1) is 23.4. The Morgan fingerprint density at radius 3 is 2.58 bits per heavy atom. The van der Waals surface area contributed by atoms with Crippen LogP contribution in [-0.4, -0.2) is 23.3 Å². The van der Waals surface area contributed by atoms with Crippen LogP contribution in [0.5, 0.6) is 0 Å². The predicted octanol–water partition coefficient (Wildman–Crippen LogP) is 6.37. The summed E-state index contributed by atoms with van der Waals surface area (Å²) in [6, 6.07) is 17.1. The third-order valence-corrected chi connectivity index (χ3v) is 8.54. The summed E-state index contributed by atoms with van der Waals surface area (Å²) in [6.45, 7) is 2.38. The Bertz CT molecular complexity index is 1920. The van der Waals surface area contributed by atoms with Crippen LogP contribution in [0.15, 0.2) is 69.9 Å². The van der Waals surface area contributed by atoms with Gasteiger partial charge in [-0.05, 0) is 48.9 Å². The number of nitrogens with zero attached hydrogens (tertiary/aromatic N) is 3. The first-order valence-corrected chi connectivity index (χ1v) is 13.5. The van der Waals surface area contributed by atoms with Crippen LogP contribution in [0.2, 0.25) is 10.0 Å². The number of hydrogen-bond acceptors (Lipinski definition) is 6. The second-order valence-electron chi connectivity index (χ2n) is 9.21. The number of halogens is 2. The monoisotopic (exact) mass is 561 g/mol. The number of rotatable bonds is 3. The van der Waals surface area contributed by atoms with Crippen LogP contribution in [0.3, 0.4) is 0 Å². The van der Waals surface area contributed by atoms with Crippen molar-refractivity contribution in [2.45, 2.75) is 18.9 Å². The Labute approximate surface area is 229 Å². The molecular formula is C28H17Cl2N3O4S. The summed E-state index contributed by atoms with van der Waals surface area (Å²) in [5, 5.41) is 1.32. The predicted molar refractivity (Wildman–Crippen MR) is 149 cm³/mol. The van der Waals surface area contributed by atoms with E-state index in [1.54, 1.807) is 47.4 Å². The number of thiazole rings is 1. The average Bonchev–Trinajstić information content (AvgIpc) is 3.51. The van der Waals surface area contributed by atoms with Gasteiger partial charge in [-0.1, -0.05) is 59.7 Å². The maximum atomic E-state index is 14.6. The fourth-order valence-electron chi connectivity index (χ4n) is 5.56. The Morgan fingerprint density at radius 2 is 1.76 bits per heavy atom. The zero-order valence-electron chi connectivity index (χ0n) is 19.8. The van der Waals surface area contributed by atoms with Gasteiger partial charge in [-0.3, -0.25) is 19.3 Å². The van der Waals surface area contributed by atoms with E-state index in [1.165, 1.54) is 22.3 Å². The van der Waals surface area contributed by atoms with Crippen molar-refractivity contribution in [1.82, 2.24) is 4.98 Å². The van der Waals surface area contributed by atoms with Crippen LogP contribution in [-0.2, 0) is 10.3 Å². The van der Waals surface area contributed by atoms with Crippen molar-refractivity contribution >= 4 is 78.4 Å². The third kappa shape index (κ3) is 2.90. The molecule has 3 aromatic carbocycles. The van der Waals surface area contributed by atoms with Gasteiger partial charge in [0.25, 0.3) is 11.8 Å². The number of carbonyl (C=O) groups is 2. The molecule has 188 valence electrons. The van der Waals surface area contributed by atoms with Crippen molar-refractivity contribution in [2.24, 2.45) is 0 Å². The van der Waals surface area contributed by atoms with Gasteiger partial charge in [0, 0.05) is 22.2 Å². The molecule has 2 amide bonds. The summed E-state index contributed by atoms with van der Waals surface area (Å²) in [4.78, 5) is 50.7. The van der Waals surface area contributed by atoms with E-state index in [0.29, 0.717) is 39.8 Å². The van der Waals surface area contributed by atoms with E-state index in [0.717, 1.165) is 4.70 Å². The number of hydrogen-bond donors (Lipinski definition) is 0. The molecule has 4 heterocycles. The molecule has 38 heavy (non-hydrogen) atoms. The summed E-state index contributed by atoms with van der Waals surface area (Å²) in [6.07, 6.45) is 0.679. The maximum Gasteiger partial charge on any atom is 0.297 e. The van der Waals surface area contributed by atoms with Crippen molar-refractivity contribution < 1.29 is 14.0 Å². The number of para-hydroxylation sites is 1. The van der Waals surface area contributed by atoms with Crippen LogP contribution in [0, 0.1) is 0 Å². The van der Waals surface area contributed by atoms with E-state index in [9.17, 15) is 14.4 Å². The number of aromatic nitrogens is 1. The Morgan fingerprint density at radius 1 is 1.00 bits per heavy atom. The van der Waals surface area contributed by atoms with Crippen LogP contribution >= 0.6 is 34.5 Å². The van der Waals surface area contributed by atoms with Gasteiger partial charge >= 0.3 is 0 Å². The van der Waals surface area contributed by atoms with Crippen LogP contribution in [0.4, 0.5) is 10.8 Å². The zero-order chi connectivity index (χ0) is 26.3. The minimum absolute atomic E-state index is 0.0226. The minimum atomic E-state index is -1.78. The van der Waals surface area contributed by atoms with Gasteiger partial charge in [-0.15, -0.1) is 0 Å².